The third kappa shape index (κ3) is 3.84. The zero-order valence-electron chi connectivity index (χ0n) is 16.2. The zero-order valence-corrected chi connectivity index (χ0v) is 16.2. The molecule has 1 aromatic carbocycles. The monoisotopic (exact) mass is 368 g/mol. The first-order chi connectivity index (χ1) is 12.8. The van der Waals surface area contributed by atoms with Crippen LogP contribution in [0.2, 0.25) is 0 Å². The number of hydrazone groups is 1. The van der Waals surface area contributed by atoms with Crippen LogP contribution < -0.4 is 10.3 Å². The number of hydrogen-bond donors (Lipinski definition) is 1. The molecular formula is C21H25FN4O. The minimum absolute atomic E-state index is 0.0130. The summed E-state index contributed by atoms with van der Waals surface area (Å²) in [5.41, 5.74) is 5.21. The largest absolute Gasteiger partial charge is 0.366 e. The minimum Gasteiger partial charge on any atom is -0.366 e. The molecule has 6 heteroatoms. The molecule has 1 N–H and O–H groups in total. The van der Waals surface area contributed by atoms with Gasteiger partial charge in [-0.05, 0) is 62.9 Å². The van der Waals surface area contributed by atoms with Crippen LogP contribution in [0.15, 0.2) is 41.8 Å². The van der Waals surface area contributed by atoms with Crippen molar-refractivity contribution in [1.29, 1.82) is 0 Å². The first kappa shape index (κ1) is 19.0. The SMILES string of the molecule is CCN1c2cc(F)c(/C=N\NC(=O)c3cccnc3)cc2C(C)CC1(C)C. The molecule has 142 valence electrons. The summed E-state index contributed by atoms with van der Waals surface area (Å²) in [7, 11) is 0. The van der Waals surface area contributed by atoms with Gasteiger partial charge in [0, 0.05) is 35.7 Å². The van der Waals surface area contributed by atoms with Gasteiger partial charge in [-0.1, -0.05) is 6.92 Å². The fourth-order valence-electron chi connectivity index (χ4n) is 3.94. The van der Waals surface area contributed by atoms with Crippen molar-refractivity contribution in [3.8, 4) is 0 Å². The van der Waals surface area contributed by atoms with E-state index in [0.29, 0.717) is 17.0 Å². The minimum atomic E-state index is -0.384. The maximum Gasteiger partial charge on any atom is 0.272 e. The van der Waals surface area contributed by atoms with Gasteiger partial charge in [-0.15, -0.1) is 0 Å². The summed E-state index contributed by atoms with van der Waals surface area (Å²) in [6.07, 6.45) is 5.39. The third-order valence-electron chi connectivity index (χ3n) is 5.11. The number of benzene rings is 1. The average molecular weight is 368 g/mol. The number of carbonyl (C=O) groups is 1. The smallest absolute Gasteiger partial charge is 0.272 e. The van der Waals surface area contributed by atoms with E-state index in [2.05, 4.69) is 48.1 Å². The number of rotatable bonds is 4. The van der Waals surface area contributed by atoms with E-state index < -0.39 is 0 Å². The first-order valence-corrected chi connectivity index (χ1v) is 9.18. The van der Waals surface area contributed by atoms with Gasteiger partial charge in [0.25, 0.3) is 5.91 Å². The summed E-state index contributed by atoms with van der Waals surface area (Å²) >= 11 is 0. The Bertz CT molecular complexity index is 864. The van der Waals surface area contributed by atoms with E-state index in [4.69, 9.17) is 0 Å². The predicted octanol–water partition coefficient (Wildman–Crippen LogP) is 4.10. The van der Waals surface area contributed by atoms with Crippen molar-refractivity contribution < 1.29 is 9.18 Å². The molecule has 1 aliphatic heterocycles. The lowest BCUT2D eigenvalue weighted by Gasteiger charge is -2.47. The van der Waals surface area contributed by atoms with Gasteiger partial charge in [-0.25, -0.2) is 9.82 Å². The molecule has 0 radical (unpaired) electrons. The highest BCUT2D eigenvalue weighted by atomic mass is 19.1. The van der Waals surface area contributed by atoms with Crippen molar-refractivity contribution in [3.63, 3.8) is 0 Å². The van der Waals surface area contributed by atoms with Crippen LogP contribution in [-0.2, 0) is 0 Å². The van der Waals surface area contributed by atoms with E-state index in [-0.39, 0.29) is 17.3 Å². The highest BCUT2D eigenvalue weighted by Crippen LogP contribution is 2.43. The normalized spacial score (nSPS) is 18.4. The molecule has 0 bridgehead atoms. The van der Waals surface area contributed by atoms with E-state index >= 15 is 0 Å². The van der Waals surface area contributed by atoms with Gasteiger partial charge in [0.05, 0.1) is 11.8 Å². The molecule has 2 aromatic rings. The van der Waals surface area contributed by atoms with Crippen molar-refractivity contribution in [2.45, 2.75) is 45.6 Å². The zero-order chi connectivity index (χ0) is 19.6. The summed E-state index contributed by atoms with van der Waals surface area (Å²) in [5.74, 6) is -0.419. The lowest BCUT2D eigenvalue weighted by Crippen LogP contribution is -2.48. The number of carbonyl (C=O) groups excluding carboxylic acids is 1. The van der Waals surface area contributed by atoms with Crippen LogP contribution in [0.4, 0.5) is 10.1 Å². The Kier molecular flexibility index (Phi) is 5.26. The highest BCUT2D eigenvalue weighted by Gasteiger charge is 2.36. The molecule has 1 aromatic heterocycles. The number of pyridine rings is 1. The second-order valence-electron chi connectivity index (χ2n) is 7.54. The van der Waals surface area contributed by atoms with Crippen LogP contribution in [-0.4, -0.2) is 29.2 Å². The first-order valence-electron chi connectivity index (χ1n) is 9.18. The maximum absolute atomic E-state index is 14.7. The second-order valence-corrected chi connectivity index (χ2v) is 7.54. The Morgan fingerprint density at radius 3 is 2.93 bits per heavy atom. The molecule has 0 spiro atoms. The van der Waals surface area contributed by atoms with Crippen molar-refractivity contribution in [2.24, 2.45) is 5.10 Å². The third-order valence-corrected chi connectivity index (χ3v) is 5.11. The summed E-state index contributed by atoms with van der Waals surface area (Å²) in [6.45, 7) is 9.45. The highest BCUT2D eigenvalue weighted by molar-refractivity contribution is 5.94. The van der Waals surface area contributed by atoms with Crippen molar-refractivity contribution >= 4 is 17.8 Å². The molecule has 1 unspecified atom stereocenters. The van der Waals surface area contributed by atoms with Gasteiger partial charge in [-0.3, -0.25) is 9.78 Å². The van der Waals surface area contributed by atoms with Crippen LogP contribution in [0.3, 0.4) is 0 Å². The molecule has 5 nitrogen and oxygen atoms in total. The van der Waals surface area contributed by atoms with Crippen molar-refractivity contribution in [2.75, 3.05) is 11.4 Å². The Balaban J connectivity index is 1.84. The van der Waals surface area contributed by atoms with Crippen LogP contribution in [0.25, 0.3) is 0 Å². The number of nitrogens with zero attached hydrogens (tertiary/aromatic N) is 3. The van der Waals surface area contributed by atoms with Gasteiger partial charge in [0.1, 0.15) is 5.82 Å². The molecule has 0 fully saturated rings. The fraction of sp³-hybridized carbons (Fsp3) is 0.381. The lowest BCUT2D eigenvalue weighted by atomic mass is 9.79. The van der Waals surface area contributed by atoms with E-state index in [0.717, 1.165) is 24.2 Å². The summed E-state index contributed by atoms with van der Waals surface area (Å²) in [6, 6.07) is 6.73. The molecule has 27 heavy (non-hydrogen) atoms. The van der Waals surface area contributed by atoms with Gasteiger partial charge in [0.2, 0.25) is 0 Å². The van der Waals surface area contributed by atoms with Crippen LogP contribution >= 0.6 is 0 Å². The number of nitrogens with one attached hydrogen (secondary N) is 1. The molecule has 0 aliphatic carbocycles. The lowest BCUT2D eigenvalue weighted by molar-refractivity contribution is 0.0954. The van der Waals surface area contributed by atoms with Crippen molar-refractivity contribution in [1.82, 2.24) is 10.4 Å². The Morgan fingerprint density at radius 1 is 1.48 bits per heavy atom. The summed E-state index contributed by atoms with van der Waals surface area (Å²) in [5, 5.41) is 3.91. The Labute approximate surface area is 159 Å². The number of fused-ring (bicyclic) bond motifs is 1. The number of anilines is 1. The van der Waals surface area contributed by atoms with Gasteiger partial charge < -0.3 is 4.90 Å². The molecule has 0 saturated heterocycles. The number of halogens is 1. The van der Waals surface area contributed by atoms with Gasteiger partial charge >= 0.3 is 0 Å². The van der Waals surface area contributed by atoms with Gasteiger partial charge in [-0.2, -0.15) is 5.10 Å². The van der Waals surface area contributed by atoms with Crippen molar-refractivity contribution in [3.05, 3.63) is 59.2 Å². The molecule has 0 saturated carbocycles. The Morgan fingerprint density at radius 2 is 2.26 bits per heavy atom. The Hall–Kier alpha value is -2.76. The van der Waals surface area contributed by atoms with E-state index in [1.807, 2.05) is 6.07 Å². The van der Waals surface area contributed by atoms with Crippen LogP contribution in [0, 0.1) is 5.82 Å². The van der Waals surface area contributed by atoms with Gasteiger partial charge in [0.15, 0.2) is 0 Å². The number of aromatic nitrogens is 1. The quantitative estimate of drug-likeness (QED) is 0.653. The molecule has 1 atom stereocenters. The predicted molar refractivity (Wildman–Crippen MR) is 106 cm³/mol. The summed E-state index contributed by atoms with van der Waals surface area (Å²) < 4.78 is 14.7. The topological polar surface area (TPSA) is 57.6 Å². The maximum atomic E-state index is 14.7. The van der Waals surface area contributed by atoms with E-state index in [9.17, 15) is 9.18 Å². The van der Waals surface area contributed by atoms with E-state index in [1.54, 1.807) is 24.4 Å². The number of amides is 1. The van der Waals surface area contributed by atoms with Crippen LogP contribution in [0.5, 0.6) is 0 Å². The molecule has 2 heterocycles. The second kappa shape index (κ2) is 7.47. The number of hydrogen-bond acceptors (Lipinski definition) is 4. The molecule has 1 aliphatic rings. The fourth-order valence-corrected chi connectivity index (χ4v) is 3.94. The average Bonchev–Trinajstić information content (AvgIpc) is 2.63. The standard InChI is InChI=1S/C21H25FN4O/c1-5-26-19-10-18(22)16(9-17(19)14(2)11-21(26,3)4)13-24-25-20(27)15-7-6-8-23-12-15/h6-10,12-14H,5,11H2,1-4H3,(H,25,27)/b24-13-. The van der Waals surface area contributed by atoms with E-state index in [1.165, 1.54) is 12.4 Å². The molecule has 1 amide bonds. The van der Waals surface area contributed by atoms with Crippen LogP contribution in [0.1, 0.15) is 61.5 Å². The molecule has 3 rings (SSSR count). The summed E-state index contributed by atoms with van der Waals surface area (Å²) in [4.78, 5) is 18.1. The molecular weight excluding hydrogens is 343 g/mol.